The van der Waals surface area contributed by atoms with Crippen LogP contribution in [0.3, 0.4) is 0 Å². The molecule has 0 heterocycles. The highest BCUT2D eigenvalue weighted by molar-refractivity contribution is 5.44. The summed E-state index contributed by atoms with van der Waals surface area (Å²) in [5.41, 5.74) is 3.19. The van der Waals surface area contributed by atoms with Crippen LogP contribution in [0.5, 0.6) is 0 Å². The van der Waals surface area contributed by atoms with Gasteiger partial charge in [-0.3, -0.25) is 0 Å². The van der Waals surface area contributed by atoms with Crippen molar-refractivity contribution in [1.29, 1.82) is 0 Å². The van der Waals surface area contributed by atoms with E-state index in [1.54, 1.807) is 11.1 Å². The van der Waals surface area contributed by atoms with Crippen molar-refractivity contribution in [3.8, 4) is 0 Å². The van der Waals surface area contributed by atoms with Crippen molar-refractivity contribution in [3.05, 3.63) is 47.6 Å². The Bertz CT molecular complexity index is 314. The van der Waals surface area contributed by atoms with Gasteiger partial charge in [-0.05, 0) is 24.3 Å². The second-order valence-electron chi connectivity index (χ2n) is 4.00. The third-order valence-electron chi connectivity index (χ3n) is 3.25. The van der Waals surface area contributed by atoms with Crippen molar-refractivity contribution in [3.63, 3.8) is 0 Å². The number of hydrogen-bond donors (Lipinski definition) is 0. The van der Waals surface area contributed by atoms with Gasteiger partial charge in [-0.1, -0.05) is 55.9 Å². The van der Waals surface area contributed by atoms with Crippen molar-refractivity contribution in [2.24, 2.45) is 11.8 Å². The van der Waals surface area contributed by atoms with Crippen molar-refractivity contribution in [2.75, 3.05) is 0 Å². The van der Waals surface area contributed by atoms with Gasteiger partial charge in [0.05, 0.1) is 0 Å². The molecule has 2 rings (SSSR count). The third-order valence-corrected chi connectivity index (χ3v) is 3.25. The van der Waals surface area contributed by atoms with Crippen LogP contribution in [-0.4, -0.2) is 0 Å². The predicted molar refractivity (Wildman–Crippen MR) is 62.0 cm³/mol. The molecular weight excluding hydrogens is 168 g/mol. The summed E-state index contributed by atoms with van der Waals surface area (Å²) in [5, 5.41) is 0. The van der Waals surface area contributed by atoms with Gasteiger partial charge in [0.1, 0.15) is 0 Å². The summed E-state index contributed by atoms with van der Waals surface area (Å²) in [6, 6.07) is 0. The predicted octanol–water partition coefficient (Wildman–Crippen LogP) is 4.03. The van der Waals surface area contributed by atoms with Crippen LogP contribution < -0.4 is 0 Å². The fraction of sp³-hybridized carbons (Fsp3) is 0.429. The maximum atomic E-state index is 2.37. The van der Waals surface area contributed by atoms with E-state index < -0.39 is 0 Å². The van der Waals surface area contributed by atoms with Crippen LogP contribution in [0.1, 0.15) is 26.7 Å². The molecule has 0 aromatic heterocycles. The van der Waals surface area contributed by atoms with Gasteiger partial charge in [-0.25, -0.2) is 0 Å². The summed E-state index contributed by atoms with van der Waals surface area (Å²) in [7, 11) is 0. The van der Waals surface area contributed by atoms with Crippen molar-refractivity contribution < 1.29 is 0 Å². The van der Waals surface area contributed by atoms with E-state index in [9.17, 15) is 0 Å². The zero-order valence-electron chi connectivity index (χ0n) is 9.03. The third kappa shape index (κ3) is 1.50. The Balaban J connectivity index is 2.27. The lowest BCUT2D eigenvalue weighted by atomic mass is 9.91. The molecule has 0 bridgehead atoms. The number of allylic oxidation sites excluding steroid dienone is 8. The van der Waals surface area contributed by atoms with E-state index in [1.165, 1.54) is 12.8 Å². The summed E-state index contributed by atoms with van der Waals surface area (Å²) in [6.07, 6.45) is 16.0. The van der Waals surface area contributed by atoms with E-state index in [0.29, 0.717) is 11.8 Å². The Morgan fingerprint density at radius 1 is 1.07 bits per heavy atom. The van der Waals surface area contributed by atoms with E-state index in [0.717, 1.165) is 0 Å². The van der Waals surface area contributed by atoms with E-state index >= 15 is 0 Å². The monoisotopic (exact) mass is 186 g/mol. The second-order valence-corrected chi connectivity index (χ2v) is 4.00. The summed E-state index contributed by atoms with van der Waals surface area (Å²) in [6.45, 7) is 4.54. The Kier molecular flexibility index (Phi) is 2.72. The molecule has 0 spiro atoms. The van der Waals surface area contributed by atoms with Crippen molar-refractivity contribution in [1.82, 2.24) is 0 Å². The molecule has 0 amide bonds. The van der Waals surface area contributed by atoms with Gasteiger partial charge >= 0.3 is 0 Å². The van der Waals surface area contributed by atoms with Gasteiger partial charge < -0.3 is 0 Å². The maximum Gasteiger partial charge on any atom is 0.0204 e. The van der Waals surface area contributed by atoms with E-state index in [2.05, 4.69) is 50.3 Å². The first-order valence-electron chi connectivity index (χ1n) is 5.63. The summed E-state index contributed by atoms with van der Waals surface area (Å²) >= 11 is 0. The van der Waals surface area contributed by atoms with Crippen LogP contribution in [0, 0.1) is 11.8 Å². The van der Waals surface area contributed by atoms with Gasteiger partial charge in [0.15, 0.2) is 0 Å². The first-order valence-corrected chi connectivity index (χ1v) is 5.63. The molecule has 0 aromatic rings. The molecular formula is C14H18. The molecule has 1 atom stereocenters. The lowest BCUT2D eigenvalue weighted by molar-refractivity contribution is 0.701. The molecule has 74 valence electrons. The van der Waals surface area contributed by atoms with Gasteiger partial charge in [0, 0.05) is 5.92 Å². The topological polar surface area (TPSA) is 0 Å². The average Bonchev–Trinajstić information content (AvgIpc) is 2.85. The van der Waals surface area contributed by atoms with Gasteiger partial charge in [0.25, 0.3) is 0 Å². The van der Waals surface area contributed by atoms with Crippen molar-refractivity contribution in [2.45, 2.75) is 26.7 Å². The van der Waals surface area contributed by atoms with E-state index in [-0.39, 0.29) is 0 Å². The SMILES string of the molecule is CCC1=C(C2C=CC=C2)C=CC1CC. The van der Waals surface area contributed by atoms with Gasteiger partial charge in [-0.15, -0.1) is 0 Å². The van der Waals surface area contributed by atoms with Crippen LogP contribution in [0.25, 0.3) is 0 Å². The molecule has 0 N–H and O–H groups in total. The van der Waals surface area contributed by atoms with Crippen LogP contribution in [0.4, 0.5) is 0 Å². The van der Waals surface area contributed by atoms with Crippen LogP contribution in [0.2, 0.25) is 0 Å². The van der Waals surface area contributed by atoms with Crippen LogP contribution in [0.15, 0.2) is 47.6 Å². The minimum Gasteiger partial charge on any atom is -0.0770 e. The summed E-state index contributed by atoms with van der Waals surface area (Å²) in [4.78, 5) is 0. The summed E-state index contributed by atoms with van der Waals surface area (Å²) < 4.78 is 0. The molecule has 0 aromatic carbocycles. The number of hydrogen-bond acceptors (Lipinski definition) is 0. The number of rotatable bonds is 3. The standard InChI is InChI=1S/C14H18/c1-3-11-9-10-14(13(11)4-2)12-7-5-6-8-12/h5-12H,3-4H2,1-2H3. The molecule has 0 fully saturated rings. The average molecular weight is 186 g/mol. The zero-order chi connectivity index (χ0) is 9.97. The molecule has 0 nitrogen and oxygen atoms in total. The van der Waals surface area contributed by atoms with Gasteiger partial charge in [-0.2, -0.15) is 0 Å². The highest BCUT2D eigenvalue weighted by atomic mass is 14.3. The normalized spacial score (nSPS) is 25.7. The lowest BCUT2D eigenvalue weighted by Gasteiger charge is -2.14. The van der Waals surface area contributed by atoms with E-state index in [1.807, 2.05) is 0 Å². The molecule has 0 saturated carbocycles. The van der Waals surface area contributed by atoms with Crippen LogP contribution >= 0.6 is 0 Å². The largest absolute Gasteiger partial charge is 0.0770 e. The smallest absolute Gasteiger partial charge is 0.0204 e. The molecule has 1 unspecified atom stereocenters. The van der Waals surface area contributed by atoms with Gasteiger partial charge in [0.2, 0.25) is 0 Å². The first kappa shape index (κ1) is 9.51. The second kappa shape index (κ2) is 4.00. The first-order chi connectivity index (χ1) is 6.86. The molecule has 0 heteroatoms. The summed E-state index contributed by atoms with van der Waals surface area (Å²) in [5.74, 6) is 1.26. The Morgan fingerprint density at radius 2 is 1.79 bits per heavy atom. The fourth-order valence-electron chi connectivity index (χ4n) is 2.47. The van der Waals surface area contributed by atoms with Crippen molar-refractivity contribution >= 4 is 0 Å². The molecule has 2 aliphatic carbocycles. The highest BCUT2D eigenvalue weighted by Gasteiger charge is 2.21. The Labute approximate surface area is 86.7 Å². The van der Waals surface area contributed by atoms with Crippen LogP contribution in [-0.2, 0) is 0 Å². The Hall–Kier alpha value is -1.04. The minimum absolute atomic E-state index is 0.553. The van der Waals surface area contributed by atoms with E-state index in [4.69, 9.17) is 0 Å². The fourth-order valence-corrected chi connectivity index (χ4v) is 2.47. The molecule has 0 aliphatic heterocycles. The zero-order valence-corrected chi connectivity index (χ0v) is 9.03. The molecule has 14 heavy (non-hydrogen) atoms. The highest BCUT2D eigenvalue weighted by Crippen LogP contribution is 2.36. The molecule has 0 saturated heterocycles. The Morgan fingerprint density at radius 3 is 2.36 bits per heavy atom. The quantitative estimate of drug-likeness (QED) is 0.624. The molecule has 0 radical (unpaired) electrons. The lowest BCUT2D eigenvalue weighted by Crippen LogP contribution is -2.00. The molecule has 2 aliphatic rings. The minimum atomic E-state index is 0.553. The maximum absolute atomic E-state index is 2.37.